The van der Waals surface area contributed by atoms with Crippen molar-refractivity contribution >= 4 is 23.0 Å². The molecule has 3 atom stereocenters. The van der Waals surface area contributed by atoms with E-state index in [-0.39, 0.29) is 23.5 Å². The number of carboxylic acid groups (broad SMARTS) is 1. The third kappa shape index (κ3) is 4.84. The average Bonchev–Trinajstić information content (AvgIpc) is 3.11. The number of carbonyl (C=O) groups excluding carboxylic acids is 1. The van der Waals surface area contributed by atoms with Crippen LogP contribution in [-0.2, 0) is 4.74 Å². The SMILES string of the molecule is C[C@H](c1cccc2ccccc12)N(C(=O)OC(C)(C)C)C1CCN(C(=O)O)[C@@H]1C(C)(C)C. The first kappa shape index (κ1) is 23.9. The Balaban J connectivity index is 2.11. The maximum atomic E-state index is 13.6. The third-order valence-corrected chi connectivity index (χ3v) is 6.15. The predicted molar refractivity (Wildman–Crippen MR) is 127 cm³/mol. The first-order valence-electron chi connectivity index (χ1n) is 11.3. The third-order valence-electron chi connectivity index (χ3n) is 6.15. The van der Waals surface area contributed by atoms with E-state index in [1.54, 1.807) is 4.90 Å². The van der Waals surface area contributed by atoms with Crippen LogP contribution < -0.4 is 0 Å². The monoisotopic (exact) mass is 440 g/mol. The topological polar surface area (TPSA) is 70.1 Å². The quantitative estimate of drug-likeness (QED) is 0.607. The minimum Gasteiger partial charge on any atom is -0.465 e. The van der Waals surface area contributed by atoms with Crippen LogP contribution in [0.1, 0.15) is 66.5 Å². The molecule has 1 heterocycles. The molecule has 1 saturated heterocycles. The summed E-state index contributed by atoms with van der Waals surface area (Å²) >= 11 is 0. The highest BCUT2D eigenvalue weighted by molar-refractivity contribution is 5.86. The van der Waals surface area contributed by atoms with Gasteiger partial charge in [0.25, 0.3) is 0 Å². The van der Waals surface area contributed by atoms with Gasteiger partial charge in [-0.05, 0) is 55.9 Å². The highest BCUT2D eigenvalue weighted by atomic mass is 16.6. The number of fused-ring (bicyclic) bond motifs is 1. The van der Waals surface area contributed by atoms with Gasteiger partial charge in [0.05, 0.1) is 18.1 Å². The van der Waals surface area contributed by atoms with E-state index in [1.165, 1.54) is 4.90 Å². The number of benzene rings is 2. The zero-order valence-electron chi connectivity index (χ0n) is 20.3. The maximum absolute atomic E-state index is 13.6. The molecule has 6 nitrogen and oxygen atoms in total. The Bertz CT molecular complexity index is 984. The van der Waals surface area contributed by atoms with Crippen LogP contribution in [0.5, 0.6) is 0 Å². The number of ether oxygens (including phenoxy) is 1. The number of nitrogens with zero attached hydrogens (tertiary/aromatic N) is 2. The second-order valence-corrected chi connectivity index (χ2v) is 10.8. The fourth-order valence-electron chi connectivity index (χ4n) is 4.99. The number of amides is 2. The van der Waals surface area contributed by atoms with Gasteiger partial charge in [-0.2, -0.15) is 0 Å². The minimum atomic E-state index is -0.950. The second kappa shape index (κ2) is 8.64. The summed E-state index contributed by atoms with van der Waals surface area (Å²) in [4.78, 5) is 28.9. The molecule has 2 aromatic carbocycles. The van der Waals surface area contributed by atoms with E-state index in [0.29, 0.717) is 13.0 Å². The van der Waals surface area contributed by atoms with Crippen molar-refractivity contribution in [2.75, 3.05) is 6.54 Å². The van der Waals surface area contributed by atoms with Crippen molar-refractivity contribution in [2.45, 2.75) is 78.6 Å². The fourth-order valence-corrected chi connectivity index (χ4v) is 4.99. The van der Waals surface area contributed by atoms with E-state index in [9.17, 15) is 14.7 Å². The molecule has 2 aromatic rings. The van der Waals surface area contributed by atoms with E-state index >= 15 is 0 Å². The van der Waals surface area contributed by atoms with E-state index in [2.05, 4.69) is 18.2 Å². The zero-order valence-corrected chi connectivity index (χ0v) is 20.3. The lowest BCUT2D eigenvalue weighted by molar-refractivity contribution is -0.00704. The van der Waals surface area contributed by atoms with Crippen LogP contribution in [0.25, 0.3) is 10.8 Å². The maximum Gasteiger partial charge on any atom is 0.411 e. The van der Waals surface area contributed by atoms with Gasteiger partial charge in [-0.1, -0.05) is 63.2 Å². The lowest BCUT2D eigenvalue weighted by atomic mass is 9.81. The smallest absolute Gasteiger partial charge is 0.411 e. The predicted octanol–water partition coefficient (Wildman–Crippen LogP) is 6.30. The molecule has 1 aliphatic rings. The van der Waals surface area contributed by atoms with Gasteiger partial charge in [0.2, 0.25) is 0 Å². The van der Waals surface area contributed by atoms with Crippen LogP contribution in [-0.4, -0.2) is 51.3 Å². The van der Waals surface area contributed by atoms with Crippen LogP contribution in [0.3, 0.4) is 0 Å². The van der Waals surface area contributed by atoms with E-state index in [0.717, 1.165) is 16.3 Å². The molecule has 174 valence electrons. The largest absolute Gasteiger partial charge is 0.465 e. The minimum absolute atomic E-state index is 0.292. The number of likely N-dealkylation sites (tertiary alicyclic amines) is 1. The molecule has 1 N–H and O–H groups in total. The van der Waals surface area contributed by atoms with Crippen molar-refractivity contribution in [1.82, 2.24) is 9.80 Å². The first-order valence-corrected chi connectivity index (χ1v) is 11.3. The van der Waals surface area contributed by atoms with Gasteiger partial charge in [0.15, 0.2) is 0 Å². The van der Waals surface area contributed by atoms with Gasteiger partial charge in [0, 0.05) is 6.54 Å². The summed E-state index contributed by atoms with van der Waals surface area (Å²) in [5.74, 6) is 0. The second-order valence-electron chi connectivity index (χ2n) is 10.8. The molecular weight excluding hydrogens is 404 g/mol. The summed E-state index contributed by atoms with van der Waals surface area (Å²) in [5.41, 5.74) is 0.0180. The molecule has 0 radical (unpaired) electrons. The van der Waals surface area contributed by atoms with E-state index in [1.807, 2.05) is 72.7 Å². The molecule has 0 aliphatic carbocycles. The number of hydrogen-bond acceptors (Lipinski definition) is 3. The molecule has 1 aliphatic heterocycles. The standard InChI is InChI=1S/C26H36N2O4/c1-17(19-14-10-12-18-11-8-9-13-20(18)19)28(24(31)32-26(5,6)7)21-15-16-27(23(29)30)22(21)25(2,3)4/h8-14,17,21-22H,15-16H2,1-7H3,(H,29,30)/t17-,21?,22+/m1/s1. The molecule has 6 heteroatoms. The molecule has 3 rings (SSSR count). The zero-order chi connectivity index (χ0) is 23.8. The van der Waals surface area contributed by atoms with Gasteiger partial charge in [-0.3, -0.25) is 4.90 Å². The van der Waals surface area contributed by atoms with Crippen molar-refractivity contribution in [2.24, 2.45) is 5.41 Å². The van der Waals surface area contributed by atoms with Gasteiger partial charge in [-0.25, -0.2) is 9.59 Å². The van der Waals surface area contributed by atoms with Crippen molar-refractivity contribution in [3.05, 3.63) is 48.0 Å². The summed E-state index contributed by atoms with van der Waals surface area (Å²) in [7, 11) is 0. The summed E-state index contributed by atoms with van der Waals surface area (Å²) in [6, 6.07) is 13.3. The van der Waals surface area contributed by atoms with Crippen molar-refractivity contribution in [1.29, 1.82) is 0 Å². The molecule has 0 aromatic heterocycles. The summed E-state index contributed by atoms with van der Waals surface area (Å²) in [6.07, 6.45) is -0.790. The van der Waals surface area contributed by atoms with Crippen LogP contribution in [0, 0.1) is 5.41 Å². The summed E-state index contributed by atoms with van der Waals surface area (Å²) < 4.78 is 5.84. The lowest BCUT2D eigenvalue weighted by Crippen LogP contribution is -2.55. The van der Waals surface area contributed by atoms with Gasteiger partial charge >= 0.3 is 12.2 Å². The Hall–Kier alpha value is -2.76. The highest BCUT2D eigenvalue weighted by Crippen LogP contribution is 2.40. The summed E-state index contributed by atoms with van der Waals surface area (Å²) in [5, 5.41) is 12.0. The van der Waals surface area contributed by atoms with Crippen LogP contribution in [0.15, 0.2) is 42.5 Å². The Kier molecular flexibility index (Phi) is 6.45. The van der Waals surface area contributed by atoms with E-state index in [4.69, 9.17) is 4.74 Å². The first-order chi connectivity index (χ1) is 14.8. The average molecular weight is 441 g/mol. The highest BCUT2D eigenvalue weighted by Gasteiger charge is 2.49. The fraction of sp³-hybridized carbons (Fsp3) is 0.538. The molecular formula is C26H36N2O4. The van der Waals surface area contributed by atoms with Gasteiger partial charge in [-0.15, -0.1) is 0 Å². The molecule has 2 amide bonds. The van der Waals surface area contributed by atoms with Crippen molar-refractivity contribution < 1.29 is 19.4 Å². The molecule has 32 heavy (non-hydrogen) atoms. The van der Waals surface area contributed by atoms with Gasteiger partial charge < -0.3 is 14.7 Å². The Labute approximate surface area is 191 Å². The number of rotatable bonds is 3. The molecule has 0 bridgehead atoms. The molecule has 1 unspecified atom stereocenters. The van der Waals surface area contributed by atoms with Crippen LogP contribution >= 0.6 is 0 Å². The van der Waals surface area contributed by atoms with E-state index < -0.39 is 17.8 Å². The summed E-state index contributed by atoms with van der Waals surface area (Å²) in [6.45, 7) is 14.0. The molecule has 0 spiro atoms. The van der Waals surface area contributed by atoms with Crippen LogP contribution in [0.2, 0.25) is 0 Å². The van der Waals surface area contributed by atoms with Crippen molar-refractivity contribution in [3.63, 3.8) is 0 Å². The Morgan fingerprint density at radius 1 is 1.06 bits per heavy atom. The van der Waals surface area contributed by atoms with Crippen molar-refractivity contribution in [3.8, 4) is 0 Å². The number of hydrogen-bond donors (Lipinski definition) is 1. The Morgan fingerprint density at radius 2 is 1.69 bits per heavy atom. The normalized spacial score (nSPS) is 20.3. The molecule has 1 fully saturated rings. The lowest BCUT2D eigenvalue weighted by Gasteiger charge is -2.44. The Morgan fingerprint density at radius 3 is 2.28 bits per heavy atom. The van der Waals surface area contributed by atoms with Crippen LogP contribution in [0.4, 0.5) is 9.59 Å². The number of carbonyl (C=O) groups is 2. The van der Waals surface area contributed by atoms with Gasteiger partial charge in [0.1, 0.15) is 5.60 Å². The molecule has 0 saturated carbocycles.